The molecule has 21 rings (SSSR count). The second-order valence-corrected chi connectivity index (χ2v) is 30.2. The van der Waals surface area contributed by atoms with E-state index >= 15 is 0 Å². The highest BCUT2D eigenvalue weighted by molar-refractivity contribution is 5.83. The highest BCUT2D eigenvalue weighted by Gasteiger charge is 2.30. The number of aryl methyl sites for hydroxylation is 5. The Kier molecular flexibility index (Phi) is 20.6. The van der Waals surface area contributed by atoms with Gasteiger partial charge in [-0.05, 0) is 204 Å². The Balaban J connectivity index is 0.000000105. The maximum Gasteiger partial charge on any atom is 0.165 e. The summed E-state index contributed by atoms with van der Waals surface area (Å²) in [6.07, 6.45) is 22.7. The van der Waals surface area contributed by atoms with Crippen LogP contribution in [0.5, 0.6) is 23.0 Å². The quantitative estimate of drug-likeness (QED) is 0.129. The van der Waals surface area contributed by atoms with Crippen LogP contribution in [-0.4, -0.2) is 246 Å². The summed E-state index contributed by atoms with van der Waals surface area (Å²) in [5, 5.41) is 28.4. The molecule has 0 saturated carbocycles. The van der Waals surface area contributed by atoms with E-state index in [1.165, 1.54) is 41.6 Å². The third-order valence-corrected chi connectivity index (χ3v) is 22.9. The number of piperidine rings is 1. The number of rotatable bonds is 0. The molecule has 560 valence electrons. The van der Waals surface area contributed by atoms with Gasteiger partial charge in [-0.1, -0.05) is 24.3 Å². The van der Waals surface area contributed by atoms with Crippen molar-refractivity contribution in [3.63, 3.8) is 0 Å². The molecule has 3 N–H and O–H groups in total. The van der Waals surface area contributed by atoms with E-state index in [0.29, 0.717) is 37.4 Å². The molecule has 0 unspecified atom stereocenters. The first kappa shape index (κ1) is 70.7. The number of anilines is 3. The van der Waals surface area contributed by atoms with Gasteiger partial charge in [-0.25, -0.2) is 38.0 Å². The molecule has 0 radical (unpaired) electrons. The van der Waals surface area contributed by atoms with Crippen molar-refractivity contribution in [2.45, 2.75) is 90.4 Å². The lowest BCUT2D eigenvalue weighted by Crippen LogP contribution is -2.55. The number of hydrogen-bond donors (Lipinski definition) is 3. The van der Waals surface area contributed by atoms with Gasteiger partial charge in [0.2, 0.25) is 0 Å². The van der Waals surface area contributed by atoms with Crippen molar-refractivity contribution >= 4 is 40.0 Å². The highest BCUT2D eigenvalue weighted by atomic mass is 16.5. The van der Waals surface area contributed by atoms with Crippen LogP contribution in [0.15, 0.2) is 147 Å². The van der Waals surface area contributed by atoms with Gasteiger partial charge in [0.1, 0.15) is 66.4 Å². The maximum absolute atomic E-state index is 6.34. The molecule has 4 aromatic carbocycles. The third-order valence-electron chi connectivity index (χ3n) is 22.9. The van der Waals surface area contributed by atoms with Gasteiger partial charge in [-0.15, -0.1) is 0 Å². The van der Waals surface area contributed by atoms with Gasteiger partial charge < -0.3 is 49.6 Å². The summed E-state index contributed by atoms with van der Waals surface area (Å²) in [7, 11) is 4.31. The van der Waals surface area contributed by atoms with Gasteiger partial charge in [0.05, 0.1) is 36.9 Å². The topological polar surface area (TPSA) is 213 Å². The fourth-order valence-electron chi connectivity index (χ4n) is 16.4. The molecule has 12 aromatic rings. The zero-order chi connectivity index (χ0) is 73.2. The highest BCUT2D eigenvalue weighted by Crippen LogP contribution is 2.37. The molecule has 0 spiro atoms. The molecule has 25 heteroatoms. The van der Waals surface area contributed by atoms with E-state index in [1.54, 1.807) is 0 Å². The summed E-state index contributed by atoms with van der Waals surface area (Å²) >= 11 is 0. The summed E-state index contributed by atoms with van der Waals surface area (Å²) in [6, 6.07) is 34.7. The minimum absolute atomic E-state index is 0.297. The largest absolute Gasteiger partial charge is 0.492 e. The standard InChI is InChI=1S/C21H26N6O.C21H25N5O.C21H24N4O.C20H24N6O/c1-15-3-4-17-11-18(15)19-12-23-27-7-5-20(24-21(19)27)22-6-8-26-10-9-25(2)13-16(26)14-28-17;1-15-3-4-17-13-18(15)19-14-22-26-10-7-20(23-21(19)26)24(2)11-12-25-8-5-16(27-17)6-9-25;1-15-6-7-18-12-19(15)20-13-22-25-11-8-16(23-21(20)25)4-2-9-24-10-3-5-17(24)14-26-18;1-14-2-3-16-10-17(14)18-12-23-26-7-4-19(24-20(18)26)22-6-9-25-8-5-21-11-15(25)13-27-16/h3-5,7,11-12,16H,6,8-10,13-14H2,1-2H3,(H,22,24);3-4,7,10,13-14,16H,5-6,8-9,11-12H2,1-2H3;6-8,11-13,17H,2-5,9-10,14H2,1H3;2-4,7,10,12,15,21H,5-6,8-9,11,13H2,1H3,(H,22,24)/t16-;;17-;15-/m1.01/s1. The van der Waals surface area contributed by atoms with E-state index in [2.05, 4.69) is 186 Å². The van der Waals surface area contributed by atoms with Crippen molar-refractivity contribution in [1.29, 1.82) is 0 Å². The van der Waals surface area contributed by atoms with Crippen LogP contribution < -0.4 is 39.8 Å². The van der Waals surface area contributed by atoms with E-state index in [-0.39, 0.29) is 0 Å². The summed E-state index contributed by atoms with van der Waals surface area (Å²) in [6.45, 7) is 27.0. The van der Waals surface area contributed by atoms with Crippen LogP contribution in [0.4, 0.5) is 17.5 Å². The summed E-state index contributed by atoms with van der Waals surface area (Å²) in [5.74, 6) is 6.44. The van der Waals surface area contributed by atoms with Gasteiger partial charge >= 0.3 is 0 Å². The maximum atomic E-state index is 6.34. The molecular formula is C83H99N21O4. The van der Waals surface area contributed by atoms with Crippen LogP contribution in [-0.2, 0) is 6.42 Å². The van der Waals surface area contributed by atoms with E-state index < -0.39 is 0 Å². The number of piperazine rings is 2. The Bertz CT molecular complexity index is 5160. The van der Waals surface area contributed by atoms with Crippen LogP contribution in [0.25, 0.3) is 67.1 Å². The first-order valence-electron chi connectivity index (χ1n) is 38.8. The normalized spacial score (nSPS) is 21.2. The van der Waals surface area contributed by atoms with Crippen LogP contribution in [0.1, 0.15) is 60.1 Å². The zero-order valence-electron chi connectivity index (χ0n) is 63.0. The number of fused-ring (bicyclic) bond motifs is 19. The predicted molar refractivity (Wildman–Crippen MR) is 423 cm³/mol. The minimum atomic E-state index is 0.297. The van der Waals surface area contributed by atoms with E-state index in [9.17, 15) is 0 Å². The molecule has 9 aliphatic heterocycles. The predicted octanol–water partition coefficient (Wildman–Crippen LogP) is 10.4. The number of ether oxygens (including phenoxy) is 4. The van der Waals surface area contributed by atoms with Gasteiger partial charge in [0.25, 0.3) is 0 Å². The van der Waals surface area contributed by atoms with Gasteiger partial charge in [0, 0.05) is 157 Å². The van der Waals surface area contributed by atoms with Crippen molar-refractivity contribution in [3.8, 4) is 67.5 Å². The lowest BCUT2D eigenvalue weighted by molar-refractivity contribution is 0.0612. The van der Waals surface area contributed by atoms with Crippen molar-refractivity contribution in [2.24, 2.45) is 0 Å². The van der Waals surface area contributed by atoms with Crippen molar-refractivity contribution < 1.29 is 18.9 Å². The van der Waals surface area contributed by atoms with E-state index in [4.69, 9.17) is 38.9 Å². The summed E-state index contributed by atoms with van der Waals surface area (Å²) in [5.41, 5.74) is 18.2. The first-order chi connectivity index (χ1) is 52.9. The van der Waals surface area contributed by atoms with Crippen LogP contribution >= 0.6 is 0 Å². The number of likely N-dealkylation sites (N-methyl/N-ethyl adjacent to an activating group) is 2. The Morgan fingerprint density at radius 3 is 1.45 bits per heavy atom. The molecule has 0 aliphatic carbocycles. The fraction of sp³-hybridized carbons (Fsp3) is 0.422. The Labute approximate surface area is 630 Å². The Hall–Kier alpha value is -10.3. The minimum Gasteiger partial charge on any atom is -0.492 e. The average molecular weight is 1450 g/mol. The molecule has 8 aromatic heterocycles. The third kappa shape index (κ3) is 15.5. The van der Waals surface area contributed by atoms with Gasteiger partial charge in [0.15, 0.2) is 22.6 Å². The second kappa shape index (κ2) is 31.5. The number of nitrogens with one attached hydrogen (secondary N) is 3. The molecule has 3 atom stereocenters. The smallest absolute Gasteiger partial charge is 0.165 e. The average Bonchev–Trinajstić information content (AvgIpc) is 1.63. The molecule has 25 nitrogen and oxygen atoms in total. The lowest BCUT2D eigenvalue weighted by atomic mass is 10.0. The first-order valence-corrected chi connectivity index (χ1v) is 38.8. The number of hydrogen-bond acceptors (Lipinski definition) is 21. The molecule has 108 heavy (non-hydrogen) atoms. The molecule has 9 aliphatic rings. The summed E-state index contributed by atoms with van der Waals surface area (Å²) < 4.78 is 32.4. The SMILES string of the molecule is Cc1ccc2cc1-c1cnn3ccc(nc13)CCCN1CCC[C@H]1CO2.Cc1ccc2cc1-c1cnn3ccc(nc13)N(C)CCN1CCC(CC1)O2.Cc1ccc2cc1-c1cnn3ccc(nc13)NCCN1CCN(C)C[C@@H]1CO2.Cc1ccc2cc1-c1cnn3ccc(nc13)NCCN1CCNC[C@@H]1CO2. The zero-order valence-corrected chi connectivity index (χ0v) is 63.0. The van der Waals surface area contributed by atoms with E-state index in [0.717, 1.165) is 244 Å². The van der Waals surface area contributed by atoms with Gasteiger partial charge in [-0.2, -0.15) is 20.4 Å². The number of benzene rings is 4. The lowest BCUT2D eigenvalue weighted by Gasteiger charge is -2.39. The second-order valence-electron chi connectivity index (χ2n) is 30.2. The van der Waals surface area contributed by atoms with E-state index in [1.807, 2.05) is 85.8 Å². The van der Waals surface area contributed by atoms with Crippen molar-refractivity contribution in [1.82, 2.24) is 88.2 Å². The van der Waals surface area contributed by atoms with Crippen LogP contribution in [0.2, 0.25) is 0 Å². The van der Waals surface area contributed by atoms with Crippen molar-refractivity contribution in [3.05, 3.63) is 175 Å². The molecular weight excluding hydrogens is 1360 g/mol. The van der Waals surface area contributed by atoms with Gasteiger partial charge in [-0.3, -0.25) is 14.7 Å². The Morgan fingerprint density at radius 2 is 0.870 bits per heavy atom. The molecule has 17 heterocycles. The fourth-order valence-corrected chi connectivity index (χ4v) is 16.4. The summed E-state index contributed by atoms with van der Waals surface area (Å²) in [4.78, 5) is 34.3. The van der Waals surface area contributed by atoms with Crippen LogP contribution in [0.3, 0.4) is 0 Å². The molecule has 4 fully saturated rings. The number of aromatic nitrogens is 12. The molecule has 18 bridgehead atoms. The molecule has 0 amide bonds. The molecule has 4 saturated heterocycles. The Morgan fingerprint density at radius 1 is 0.398 bits per heavy atom. The van der Waals surface area contributed by atoms with Crippen LogP contribution in [0, 0.1) is 27.7 Å². The number of nitrogens with zero attached hydrogens (tertiary/aromatic N) is 18. The van der Waals surface area contributed by atoms with Crippen molar-refractivity contribution in [2.75, 3.05) is 154 Å². The monoisotopic (exact) mass is 1450 g/mol.